The van der Waals surface area contributed by atoms with Gasteiger partial charge < -0.3 is 14.0 Å². The number of methoxy groups -OCH3 is 2. The summed E-state index contributed by atoms with van der Waals surface area (Å²) in [7, 11) is 0.447. The third-order valence-corrected chi connectivity index (χ3v) is 6.05. The van der Waals surface area contributed by atoms with E-state index < -0.39 is 14.9 Å². The smallest absolute Gasteiger partial charge is 0.269 e. The van der Waals surface area contributed by atoms with E-state index in [0.717, 1.165) is 16.4 Å². The molecule has 11 nitrogen and oxygen atoms in total. The number of ether oxygens (including phenoxy) is 2. The molecular formula is C18H18N4O7S. The van der Waals surface area contributed by atoms with Crippen molar-refractivity contribution in [2.24, 2.45) is 0 Å². The van der Waals surface area contributed by atoms with Gasteiger partial charge in [0, 0.05) is 25.2 Å². The molecule has 0 aliphatic heterocycles. The molecule has 0 amide bonds. The summed E-state index contributed by atoms with van der Waals surface area (Å²) in [6, 6.07) is 9.67. The maximum absolute atomic E-state index is 12.7. The zero-order chi connectivity index (χ0) is 21.9. The molecule has 0 saturated heterocycles. The largest absolute Gasteiger partial charge is 0.497 e. The second-order valence-electron chi connectivity index (χ2n) is 6.09. The molecule has 30 heavy (non-hydrogen) atoms. The summed E-state index contributed by atoms with van der Waals surface area (Å²) in [6.07, 6.45) is 0. The Bertz CT molecular complexity index is 1160. The number of nitro benzene ring substituents is 1. The van der Waals surface area contributed by atoms with E-state index in [1.54, 1.807) is 18.2 Å². The van der Waals surface area contributed by atoms with Crippen LogP contribution in [0.25, 0.3) is 11.4 Å². The van der Waals surface area contributed by atoms with Crippen LogP contribution in [0, 0.1) is 10.1 Å². The number of sulfonamides is 1. The summed E-state index contributed by atoms with van der Waals surface area (Å²) in [5, 5.41) is 14.6. The lowest BCUT2D eigenvalue weighted by Crippen LogP contribution is -2.26. The molecule has 0 atom stereocenters. The summed E-state index contributed by atoms with van der Waals surface area (Å²) in [5.41, 5.74) is 0.348. The highest BCUT2D eigenvalue weighted by molar-refractivity contribution is 7.89. The number of aromatic nitrogens is 2. The van der Waals surface area contributed by atoms with Gasteiger partial charge in [0.2, 0.25) is 21.7 Å². The summed E-state index contributed by atoms with van der Waals surface area (Å²) < 4.78 is 42.1. The van der Waals surface area contributed by atoms with E-state index in [0.29, 0.717) is 17.1 Å². The van der Waals surface area contributed by atoms with E-state index in [1.807, 2.05) is 0 Å². The first-order valence-corrected chi connectivity index (χ1v) is 9.96. The Balaban J connectivity index is 1.80. The third-order valence-electron chi connectivity index (χ3n) is 4.23. The van der Waals surface area contributed by atoms with E-state index in [-0.39, 0.29) is 28.8 Å². The van der Waals surface area contributed by atoms with Gasteiger partial charge in [0.15, 0.2) is 0 Å². The monoisotopic (exact) mass is 434 g/mol. The van der Waals surface area contributed by atoms with E-state index >= 15 is 0 Å². The fraction of sp³-hybridized carbons (Fsp3) is 0.222. The molecule has 1 heterocycles. The zero-order valence-corrected chi connectivity index (χ0v) is 17.1. The van der Waals surface area contributed by atoms with Crippen molar-refractivity contribution < 1.29 is 27.3 Å². The lowest BCUT2D eigenvalue weighted by molar-refractivity contribution is -0.384. The molecule has 2 aromatic carbocycles. The van der Waals surface area contributed by atoms with Crippen LogP contribution in [0.3, 0.4) is 0 Å². The van der Waals surface area contributed by atoms with Crippen LogP contribution in [-0.2, 0) is 16.6 Å². The molecule has 0 spiro atoms. The molecular weight excluding hydrogens is 416 g/mol. The Morgan fingerprint density at radius 2 is 1.83 bits per heavy atom. The van der Waals surface area contributed by atoms with Gasteiger partial charge in [-0.1, -0.05) is 5.16 Å². The van der Waals surface area contributed by atoms with Crippen LogP contribution in [0.4, 0.5) is 5.69 Å². The standard InChI is InChI=1S/C18H18N4O7S/c1-21(30(25,26)14-7-4-12(5-8-14)22(23)24)11-17-19-18(20-29-17)15-9-6-13(27-2)10-16(15)28-3/h4-10H,11H2,1-3H3. The Hall–Kier alpha value is -3.51. The topological polar surface area (TPSA) is 138 Å². The number of nitro groups is 1. The molecule has 1 aromatic heterocycles. The fourth-order valence-electron chi connectivity index (χ4n) is 2.61. The van der Waals surface area contributed by atoms with Crippen molar-refractivity contribution in [2.45, 2.75) is 11.4 Å². The van der Waals surface area contributed by atoms with Crippen molar-refractivity contribution in [1.29, 1.82) is 0 Å². The molecule has 158 valence electrons. The Labute approximate surface area is 172 Å². The normalized spacial score (nSPS) is 11.5. The first-order chi connectivity index (χ1) is 14.3. The van der Waals surface area contributed by atoms with E-state index in [4.69, 9.17) is 14.0 Å². The average Bonchev–Trinajstić information content (AvgIpc) is 3.21. The first kappa shape index (κ1) is 21.2. The molecule has 0 N–H and O–H groups in total. The summed E-state index contributed by atoms with van der Waals surface area (Å²) in [4.78, 5) is 14.3. The Kier molecular flexibility index (Phi) is 5.99. The molecule has 3 rings (SSSR count). The highest BCUT2D eigenvalue weighted by atomic mass is 32.2. The van der Waals surface area contributed by atoms with Gasteiger partial charge in [0.1, 0.15) is 11.5 Å². The average molecular weight is 434 g/mol. The number of hydrogen-bond donors (Lipinski definition) is 0. The summed E-state index contributed by atoms with van der Waals surface area (Å²) in [5.74, 6) is 1.35. The predicted octanol–water partition coefficient (Wildman–Crippen LogP) is 2.48. The molecule has 0 bridgehead atoms. The van der Waals surface area contributed by atoms with Crippen molar-refractivity contribution in [3.8, 4) is 22.9 Å². The van der Waals surface area contributed by atoms with Crippen LogP contribution < -0.4 is 9.47 Å². The van der Waals surface area contributed by atoms with Gasteiger partial charge in [0.25, 0.3) is 5.69 Å². The quantitative estimate of drug-likeness (QED) is 0.386. The van der Waals surface area contributed by atoms with E-state index in [9.17, 15) is 18.5 Å². The Morgan fingerprint density at radius 3 is 2.43 bits per heavy atom. The maximum atomic E-state index is 12.7. The summed E-state index contributed by atoms with van der Waals surface area (Å²) in [6.45, 7) is -0.190. The van der Waals surface area contributed by atoms with Gasteiger partial charge in [-0.3, -0.25) is 10.1 Å². The maximum Gasteiger partial charge on any atom is 0.269 e. The third kappa shape index (κ3) is 4.23. The Morgan fingerprint density at radius 1 is 1.13 bits per heavy atom. The second kappa shape index (κ2) is 8.47. The van der Waals surface area contributed by atoms with Crippen LogP contribution in [-0.4, -0.2) is 49.1 Å². The van der Waals surface area contributed by atoms with Gasteiger partial charge in [-0.2, -0.15) is 9.29 Å². The minimum Gasteiger partial charge on any atom is -0.497 e. The molecule has 3 aromatic rings. The van der Waals surface area contributed by atoms with Crippen LogP contribution in [0.5, 0.6) is 11.5 Å². The second-order valence-corrected chi connectivity index (χ2v) is 8.13. The predicted molar refractivity (Wildman–Crippen MR) is 105 cm³/mol. The van der Waals surface area contributed by atoms with Crippen LogP contribution >= 0.6 is 0 Å². The van der Waals surface area contributed by atoms with E-state index in [1.165, 1.54) is 33.4 Å². The molecule has 0 saturated carbocycles. The molecule has 0 aliphatic carbocycles. The van der Waals surface area contributed by atoms with Gasteiger partial charge in [-0.05, 0) is 24.3 Å². The molecule has 0 aliphatic rings. The van der Waals surface area contributed by atoms with Crippen molar-refractivity contribution in [2.75, 3.05) is 21.3 Å². The number of rotatable bonds is 8. The van der Waals surface area contributed by atoms with Crippen molar-refractivity contribution in [3.05, 3.63) is 58.5 Å². The van der Waals surface area contributed by atoms with Crippen LogP contribution in [0.15, 0.2) is 51.9 Å². The minimum atomic E-state index is -3.92. The van der Waals surface area contributed by atoms with Crippen molar-refractivity contribution in [3.63, 3.8) is 0 Å². The van der Waals surface area contributed by atoms with Gasteiger partial charge in [-0.15, -0.1) is 0 Å². The van der Waals surface area contributed by atoms with E-state index in [2.05, 4.69) is 10.1 Å². The zero-order valence-electron chi connectivity index (χ0n) is 16.3. The van der Waals surface area contributed by atoms with Crippen molar-refractivity contribution in [1.82, 2.24) is 14.4 Å². The highest BCUT2D eigenvalue weighted by Gasteiger charge is 2.24. The first-order valence-electron chi connectivity index (χ1n) is 8.52. The lowest BCUT2D eigenvalue weighted by Gasteiger charge is -2.14. The van der Waals surface area contributed by atoms with Crippen LogP contribution in [0.1, 0.15) is 5.89 Å². The number of hydrogen-bond acceptors (Lipinski definition) is 9. The minimum absolute atomic E-state index is 0.0656. The van der Waals surface area contributed by atoms with Gasteiger partial charge in [-0.25, -0.2) is 8.42 Å². The molecule has 0 radical (unpaired) electrons. The molecule has 0 fully saturated rings. The number of benzene rings is 2. The fourth-order valence-corrected chi connectivity index (χ4v) is 3.73. The van der Waals surface area contributed by atoms with Crippen LogP contribution in [0.2, 0.25) is 0 Å². The van der Waals surface area contributed by atoms with Crippen molar-refractivity contribution >= 4 is 15.7 Å². The number of non-ortho nitro benzene ring substituents is 1. The summed E-state index contributed by atoms with van der Waals surface area (Å²) >= 11 is 0. The number of nitrogens with zero attached hydrogens (tertiary/aromatic N) is 4. The van der Waals surface area contributed by atoms with Gasteiger partial charge >= 0.3 is 0 Å². The molecule has 12 heteroatoms. The molecule has 0 unspecified atom stereocenters. The SMILES string of the molecule is COc1ccc(-c2noc(CN(C)S(=O)(=O)c3ccc([N+](=O)[O-])cc3)n2)c(OC)c1. The highest BCUT2D eigenvalue weighted by Crippen LogP contribution is 2.31. The lowest BCUT2D eigenvalue weighted by atomic mass is 10.2. The van der Waals surface area contributed by atoms with Gasteiger partial charge in [0.05, 0.1) is 36.1 Å².